The van der Waals surface area contributed by atoms with Gasteiger partial charge in [-0.05, 0) is 24.6 Å². The number of benzene rings is 2. The van der Waals surface area contributed by atoms with Crippen molar-refractivity contribution in [3.8, 4) is 11.5 Å². The summed E-state index contributed by atoms with van der Waals surface area (Å²) >= 11 is 0. The summed E-state index contributed by atoms with van der Waals surface area (Å²) in [6.45, 7) is 2.78. The molecule has 0 bridgehead atoms. The Labute approximate surface area is 121 Å². The van der Waals surface area contributed by atoms with Crippen LogP contribution in [0.15, 0.2) is 54.6 Å². The Morgan fingerprint density at radius 3 is 2.40 bits per heavy atom. The van der Waals surface area contributed by atoms with Gasteiger partial charge in [0.25, 0.3) is 0 Å². The molecular formula is C18H22O2. The maximum absolute atomic E-state index is 10.0. The number of phenolic OH excluding ortho intramolecular Hbond substituents is 1. The topological polar surface area (TPSA) is 29.5 Å². The van der Waals surface area contributed by atoms with E-state index in [4.69, 9.17) is 4.74 Å². The molecule has 2 aromatic rings. The van der Waals surface area contributed by atoms with Gasteiger partial charge >= 0.3 is 0 Å². The molecule has 2 heteroatoms. The second-order valence-electron chi connectivity index (χ2n) is 5.02. The second-order valence-corrected chi connectivity index (χ2v) is 5.02. The summed E-state index contributed by atoms with van der Waals surface area (Å²) in [6.07, 6.45) is 3.31. The maximum Gasteiger partial charge on any atom is 0.119 e. The Bertz CT molecular complexity index is 508. The Kier molecular flexibility index (Phi) is 5.48. The van der Waals surface area contributed by atoms with E-state index in [0.717, 1.165) is 30.6 Å². The lowest BCUT2D eigenvalue weighted by Gasteiger charge is -2.19. The van der Waals surface area contributed by atoms with Gasteiger partial charge in [-0.15, -0.1) is 0 Å². The van der Waals surface area contributed by atoms with E-state index in [1.807, 2.05) is 48.5 Å². The van der Waals surface area contributed by atoms with Crippen molar-refractivity contribution < 1.29 is 9.84 Å². The predicted octanol–water partition coefficient (Wildman–Crippen LogP) is 4.75. The van der Waals surface area contributed by atoms with E-state index >= 15 is 0 Å². The molecule has 0 aliphatic rings. The highest BCUT2D eigenvalue weighted by Crippen LogP contribution is 2.30. The molecule has 0 aromatic heterocycles. The van der Waals surface area contributed by atoms with Gasteiger partial charge in [0.15, 0.2) is 0 Å². The monoisotopic (exact) mass is 270 g/mol. The van der Waals surface area contributed by atoms with Crippen molar-refractivity contribution in [2.24, 2.45) is 0 Å². The van der Waals surface area contributed by atoms with Crippen molar-refractivity contribution >= 4 is 0 Å². The third-order valence-corrected chi connectivity index (χ3v) is 3.48. The summed E-state index contributed by atoms with van der Waals surface area (Å²) in [6, 6.07) is 17.4. The molecule has 0 spiro atoms. The van der Waals surface area contributed by atoms with Gasteiger partial charge < -0.3 is 9.84 Å². The van der Waals surface area contributed by atoms with Gasteiger partial charge in [0.1, 0.15) is 11.5 Å². The van der Waals surface area contributed by atoms with Crippen molar-refractivity contribution in [2.45, 2.75) is 32.1 Å². The van der Waals surface area contributed by atoms with Crippen LogP contribution in [0.25, 0.3) is 0 Å². The van der Waals surface area contributed by atoms with Crippen LogP contribution >= 0.6 is 0 Å². The average molecular weight is 270 g/mol. The molecule has 1 atom stereocenters. The molecule has 106 valence electrons. The highest BCUT2D eigenvalue weighted by molar-refractivity contribution is 5.35. The first kappa shape index (κ1) is 14.4. The molecule has 0 saturated carbocycles. The maximum atomic E-state index is 10.0. The molecule has 20 heavy (non-hydrogen) atoms. The molecule has 0 aliphatic heterocycles. The number of rotatable bonds is 7. The highest BCUT2D eigenvalue weighted by Gasteiger charge is 2.15. The number of unbranched alkanes of at least 4 members (excludes halogenated alkanes) is 1. The van der Waals surface area contributed by atoms with Gasteiger partial charge in [-0.3, -0.25) is 0 Å². The summed E-state index contributed by atoms with van der Waals surface area (Å²) in [7, 11) is 0. The number of phenols is 1. The van der Waals surface area contributed by atoms with Crippen LogP contribution in [0, 0.1) is 0 Å². The lowest BCUT2D eigenvalue weighted by molar-refractivity contribution is 0.276. The van der Waals surface area contributed by atoms with E-state index in [1.54, 1.807) is 6.07 Å². The van der Waals surface area contributed by atoms with Crippen LogP contribution in [0.5, 0.6) is 11.5 Å². The summed E-state index contributed by atoms with van der Waals surface area (Å²) < 4.78 is 5.86. The lowest BCUT2D eigenvalue weighted by Crippen LogP contribution is -2.11. The van der Waals surface area contributed by atoms with Crippen LogP contribution in [0.1, 0.15) is 37.7 Å². The number of hydrogen-bond donors (Lipinski definition) is 1. The normalized spacial score (nSPS) is 12.1. The van der Waals surface area contributed by atoms with Gasteiger partial charge in [0, 0.05) is 11.5 Å². The zero-order valence-corrected chi connectivity index (χ0v) is 12.0. The van der Waals surface area contributed by atoms with Crippen molar-refractivity contribution in [3.63, 3.8) is 0 Å². The quantitative estimate of drug-likeness (QED) is 0.787. The van der Waals surface area contributed by atoms with Gasteiger partial charge in [0.2, 0.25) is 0 Å². The molecule has 0 radical (unpaired) electrons. The first-order valence-electron chi connectivity index (χ1n) is 7.27. The minimum absolute atomic E-state index is 0.233. The Morgan fingerprint density at radius 1 is 1.00 bits per heavy atom. The average Bonchev–Trinajstić information content (AvgIpc) is 2.49. The van der Waals surface area contributed by atoms with Crippen LogP contribution in [0.3, 0.4) is 0 Å². The Morgan fingerprint density at radius 2 is 1.70 bits per heavy atom. The van der Waals surface area contributed by atoms with E-state index in [0.29, 0.717) is 12.4 Å². The molecule has 2 aromatic carbocycles. The third-order valence-electron chi connectivity index (χ3n) is 3.48. The van der Waals surface area contributed by atoms with Crippen LogP contribution in [-0.4, -0.2) is 11.7 Å². The Balaban J connectivity index is 2.06. The molecule has 0 saturated heterocycles. The molecule has 2 nitrogen and oxygen atoms in total. The zero-order valence-electron chi connectivity index (χ0n) is 12.0. The van der Waals surface area contributed by atoms with Gasteiger partial charge in [-0.2, -0.15) is 0 Å². The molecule has 0 heterocycles. The van der Waals surface area contributed by atoms with E-state index in [2.05, 4.69) is 6.92 Å². The Hall–Kier alpha value is -1.96. The number of para-hydroxylation sites is 2. The zero-order chi connectivity index (χ0) is 14.2. The van der Waals surface area contributed by atoms with Crippen LogP contribution in [-0.2, 0) is 0 Å². The van der Waals surface area contributed by atoms with Crippen molar-refractivity contribution in [1.29, 1.82) is 0 Å². The first-order valence-corrected chi connectivity index (χ1v) is 7.27. The van der Waals surface area contributed by atoms with Crippen molar-refractivity contribution in [2.75, 3.05) is 6.61 Å². The fourth-order valence-corrected chi connectivity index (χ4v) is 2.33. The van der Waals surface area contributed by atoms with E-state index in [9.17, 15) is 5.11 Å². The minimum Gasteiger partial charge on any atom is -0.508 e. The lowest BCUT2D eigenvalue weighted by atomic mass is 9.93. The summed E-state index contributed by atoms with van der Waals surface area (Å²) in [5, 5.41) is 10.0. The van der Waals surface area contributed by atoms with E-state index in [-0.39, 0.29) is 5.92 Å². The first-order chi connectivity index (χ1) is 9.81. The SMILES string of the molecule is CCCCC(COc1ccccc1)c1ccccc1O. The van der Waals surface area contributed by atoms with Crippen LogP contribution < -0.4 is 4.74 Å². The van der Waals surface area contributed by atoms with Crippen molar-refractivity contribution in [3.05, 3.63) is 60.2 Å². The summed E-state index contributed by atoms with van der Waals surface area (Å²) in [4.78, 5) is 0. The molecule has 0 amide bonds. The van der Waals surface area contributed by atoms with Crippen LogP contribution in [0.4, 0.5) is 0 Å². The van der Waals surface area contributed by atoms with Gasteiger partial charge in [-0.25, -0.2) is 0 Å². The fraction of sp³-hybridized carbons (Fsp3) is 0.333. The summed E-state index contributed by atoms with van der Waals surface area (Å²) in [5.41, 5.74) is 0.983. The number of aromatic hydroxyl groups is 1. The summed E-state index contributed by atoms with van der Waals surface area (Å²) in [5.74, 6) is 1.48. The molecule has 0 fully saturated rings. The highest BCUT2D eigenvalue weighted by atomic mass is 16.5. The molecule has 0 aliphatic carbocycles. The second kappa shape index (κ2) is 7.59. The molecule has 1 unspecified atom stereocenters. The molecule has 2 rings (SSSR count). The van der Waals surface area contributed by atoms with Gasteiger partial charge in [0.05, 0.1) is 6.61 Å². The largest absolute Gasteiger partial charge is 0.508 e. The fourth-order valence-electron chi connectivity index (χ4n) is 2.33. The number of ether oxygens (including phenoxy) is 1. The predicted molar refractivity (Wildman–Crippen MR) is 82.3 cm³/mol. The number of hydrogen-bond acceptors (Lipinski definition) is 2. The minimum atomic E-state index is 0.233. The van der Waals surface area contributed by atoms with Gasteiger partial charge in [-0.1, -0.05) is 56.2 Å². The smallest absolute Gasteiger partial charge is 0.119 e. The standard InChI is InChI=1S/C18H22O2/c1-2-3-9-15(17-12-7-8-13-18(17)19)14-20-16-10-5-4-6-11-16/h4-8,10-13,15,19H,2-3,9,14H2,1H3. The van der Waals surface area contributed by atoms with E-state index < -0.39 is 0 Å². The molecule has 1 N–H and O–H groups in total. The van der Waals surface area contributed by atoms with Crippen LogP contribution in [0.2, 0.25) is 0 Å². The third kappa shape index (κ3) is 4.02. The van der Waals surface area contributed by atoms with E-state index in [1.165, 1.54) is 0 Å². The van der Waals surface area contributed by atoms with Crippen molar-refractivity contribution in [1.82, 2.24) is 0 Å². The molecular weight excluding hydrogens is 248 g/mol.